The van der Waals surface area contributed by atoms with Crippen LogP contribution in [0.1, 0.15) is 61.1 Å². The van der Waals surface area contributed by atoms with Gasteiger partial charge in [-0.3, -0.25) is 20.4 Å². The quantitative estimate of drug-likeness (QED) is 0.535. The van der Waals surface area contributed by atoms with E-state index >= 15 is 0 Å². The van der Waals surface area contributed by atoms with Crippen molar-refractivity contribution in [2.45, 2.75) is 56.2 Å². The highest BCUT2D eigenvalue weighted by Gasteiger charge is 2.57. The SMILES string of the molecule is Cc1c(C(=O)NNC(=O)CC23CC4CC(CC(Br)(C4)C2)C3)oc2ccccc12. The minimum atomic E-state index is -0.412. The van der Waals surface area contributed by atoms with Crippen LogP contribution in [0.2, 0.25) is 0 Å². The Bertz CT molecular complexity index is 952. The number of benzene rings is 1. The molecule has 0 aliphatic heterocycles. The zero-order chi connectivity index (χ0) is 19.5. The summed E-state index contributed by atoms with van der Waals surface area (Å²) in [6, 6.07) is 7.54. The predicted molar refractivity (Wildman–Crippen MR) is 110 cm³/mol. The number of nitrogens with one attached hydrogen (secondary N) is 2. The molecule has 6 heteroatoms. The van der Waals surface area contributed by atoms with Crippen LogP contribution in [0.15, 0.2) is 28.7 Å². The van der Waals surface area contributed by atoms with Gasteiger partial charge in [-0.2, -0.15) is 0 Å². The molecule has 0 saturated heterocycles. The third kappa shape index (κ3) is 3.06. The largest absolute Gasteiger partial charge is 0.451 e. The van der Waals surface area contributed by atoms with E-state index in [9.17, 15) is 9.59 Å². The molecule has 1 aromatic carbocycles. The summed E-state index contributed by atoms with van der Waals surface area (Å²) < 4.78 is 5.90. The normalized spacial score (nSPS) is 33.2. The average molecular weight is 445 g/mol. The maximum Gasteiger partial charge on any atom is 0.305 e. The Kier molecular flexibility index (Phi) is 4.13. The zero-order valence-corrected chi connectivity index (χ0v) is 17.6. The third-order valence-electron chi connectivity index (χ3n) is 7.01. The van der Waals surface area contributed by atoms with E-state index in [1.165, 1.54) is 19.3 Å². The van der Waals surface area contributed by atoms with Crippen molar-refractivity contribution in [3.05, 3.63) is 35.6 Å². The highest BCUT2D eigenvalue weighted by Crippen LogP contribution is 2.65. The number of hydrazine groups is 1. The molecule has 148 valence electrons. The Labute approximate surface area is 172 Å². The molecule has 6 rings (SSSR count). The second-order valence-electron chi connectivity index (χ2n) is 9.34. The van der Waals surface area contributed by atoms with E-state index in [1.54, 1.807) is 0 Å². The fourth-order valence-electron chi connectivity index (χ4n) is 6.50. The van der Waals surface area contributed by atoms with Crippen LogP contribution in [-0.4, -0.2) is 16.1 Å². The summed E-state index contributed by atoms with van der Waals surface area (Å²) in [5.74, 6) is 1.20. The lowest BCUT2D eigenvalue weighted by molar-refractivity contribution is -0.128. The van der Waals surface area contributed by atoms with Crippen molar-refractivity contribution in [2.75, 3.05) is 0 Å². The smallest absolute Gasteiger partial charge is 0.305 e. The fourth-order valence-corrected chi connectivity index (χ4v) is 8.01. The van der Waals surface area contributed by atoms with Crippen LogP contribution in [-0.2, 0) is 4.79 Å². The number of carbonyl (C=O) groups excluding carboxylic acids is 2. The van der Waals surface area contributed by atoms with E-state index in [1.807, 2.05) is 31.2 Å². The number of hydrogen-bond acceptors (Lipinski definition) is 3. The van der Waals surface area contributed by atoms with E-state index in [0.29, 0.717) is 12.0 Å². The van der Waals surface area contributed by atoms with E-state index in [2.05, 4.69) is 26.8 Å². The fraction of sp³-hybridized carbons (Fsp3) is 0.545. The van der Waals surface area contributed by atoms with Crippen molar-refractivity contribution in [3.63, 3.8) is 0 Å². The maximum atomic E-state index is 12.7. The molecule has 4 aliphatic carbocycles. The monoisotopic (exact) mass is 444 g/mol. The number of halogens is 1. The Morgan fingerprint density at radius 3 is 2.54 bits per heavy atom. The third-order valence-corrected chi connectivity index (χ3v) is 7.94. The number of aryl methyl sites for hydroxylation is 1. The molecule has 2 amide bonds. The van der Waals surface area contributed by atoms with Crippen molar-refractivity contribution in [1.29, 1.82) is 0 Å². The standard InChI is InChI=1S/C22H25BrN2O3/c1-13-16-4-2-3-5-17(16)28-19(13)20(27)25-24-18(26)11-21-7-14-6-15(8-21)10-22(23,9-14)12-21/h2-5,14-15H,6-12H2,1H3,(H,24,26)(H,25,27). The molecule has 2 atom stereocenters. The molecule has 4 bridgehead atoms. The lowest BCUT2D eigenvalue weighted by atomic mass is 9.48. The average Bonchev–Trinajstić information content (AvgIpc) is 2.94. The van der Waals surface area contributed by atoms with Gasteiger partial charge in [0.2, 0.25) is 5.91 Å². The van der Waals surface area contributed by atoms with Gasteiger partial charge in [0.1, 0.15) is 5.58 Å². The van der Waals surface area contributed by atoms with E-state index in [4.69, 9.17) is 4.42 Å². The number of fused-ring (bicyclic) bond motifs is 1. The minimum absolute atomic E-state index is 0.0810. The molecular weight excluding hydrogens is 420 g/mol. The highest BCUT2D eigenvalue weighted by atomic mass is 79.9. The summed E-state index contributed by atoms with van der Waals surface area (Å²) in [6.45, 7) is 1.85. The number of carbonyl (C=O) groups is 2. The lowest BCUT2D eigenvalue weighted by Crippen LogP contribution is -2.54. The number of alkyl halides is 1. The van der Waals surface area contributed by atoms with Crippen LogP contribution in [0.25, 0.3) is 11.0 Å². The van der Waals surface area contributed by atoms with Crippen LogP contribution in [0.4, 0.5) is 0 Å². The second kappa shape index (κ2) is 6.34. The number of rotatable bonds is 3. The summed E-state index contributed by atoms with van der Waals surface area (Å²) >= 11 is 3.99. The van der Waals surface area contributed by atoms with Crippen LogP contribution >= 0.6 is 15.9 Å². The first-order chi connectivity index (χ1) is 13.3. The van der Waals surface area contributed by atoms with E-state index in [-0.39, 0.29) is 21.4 Å². The molecule has 2 unspecified atom stereocenters. The van der Waals surface area contributed by atoms with Gasteiger partial charge in [0.05, 0.1) is 0 Å². The molecule has 0 spiro atoms. The van der Waals surface area contributed by atoms with Crippen molar-refractivity contribution >= 4 is 38.7 Å². The van der Waals surface area contributed by atoms with Gasteiger partial charge >= 0.3 is 5.91 Å². The van der Waals surface area contributed by atoms with Gasteiger partial charge in [-0.15, -0.1) is 0 Å². The van der Waals surface area contributed by atoms with Gasteiger partial charge in [0, 0.05) is 21.7 Å². The molecule has 28 heavy (non-hydrogen) atoms. The van der Waals surface area contributed by atoms with Crippen LogP contribution in [0.3, 0.4) is 0 Å². The van der Waals surface area contributed by atoms with Gasteiger partial charge < -0.3 is 4.42 Å². The molecule has 5 nitrogen and oxygen atoms in total. The summed E-state index contributed by atoms with van der Waals surface area (Å²) in [5.41, 5.74) is 6.71. The Balaban J connectivity index is 1.24. The zero-order valence-electron chi connectivity index (χ0n) is 16.0. The van der Waals surface area contributed by atoms with Crippen LogP contribution in [0.5, 0.6) is 0 Å². The highest BCUT2D eigenvalue weighted by molar-refractivity contribution is 9.10. The van der Waals surface area contributed by atoms with Crippen molar-refractivity contribution in [3.8, 4) is 0 Å². The van der Waals surface area contributed by atoms with Gasteiger partial charge in [-0.05, 0) is 68.8 Å². The molecule has 2 aromatic rings. The second-order valence-corrected chi connectivity index (χ2v) is 11.0. The first kappa shape index (κ1) is 18.2. The molecule has 0 radical (unpaired) electrons. The molecule has 2 N–H and O–H groups in total. The molecule has 1 heterocycles. The number of furan rings is 1. The van der Waals surface area contributed by atoms with Crippen molar-refractivity contribution < 1.29 is 14.0 Å². The van der Waals surface area contributed by atoms with Crippen LogP contribution in [0, 0.1) is 24.2 Å². The number of amides is 2. The Morgan fingerprint density at radius 2 is 1.86 bits per heavy atom. The van der Waals surface area contributed by atoms with E-state index in [0.717, 1.165) is 42.0 Å². The number of para-hydroxylation sites is 1. The Morgan fingerprint density at radius 1 is 1.14 bits per heavy atom. The van der Waals surface area contributed by atoms with Gasteiger partial charge in [-0.1, -0.05) is 34.1 Å². The molecule has 1 aromatic heterocycles. The summed E-state index contributed by atoms with van der Waals surface area (Å²) in [5, 5.41) is 0.912. The Hall–Kier alpha value is -1.82. The van der Waals surface area contributed by atoms with Crippen molar-refractivity contribution in [1.82, 2.24) is 10.9 Å². The van der Waals surface area contributed by atoms with Crippen molar-refractivity contribution in [2.24, 2.45) is 17.3 Å². The van der Waals surface area contributed by atoms with Gasteiger partial charge in [-0.25, -0.2) is 0 Å². The first-order valence-electron chi connectivity index (χ1n) is 10.1. The summed E-state index contributed by atoms with van der Waals surface area (Å²) in [4.78, 5) is 25.2. The summed E-state index contributed by atoms with van der Waals surface area (Å²) in [7, 11) is 0. The van der Waals surface area contributed by atoms with E-state index < -0.39 is 5.91 Å². The summed E-state index contributed by atoms with van der Waals surface area (Å²) in [6.07, 6.45) is 7.63. The topological polar surface area (TPSA) is 71.3 Å². The molecular formula is C22H25BrN2O3. The first-order valence-corrected chi connectivity index (χ1v) is 10.9. The molecule has 4 aliphatic rings. The number of hydrogen-bond donors (Lipinski definition) is 2. The minimum Gasteiger partial charge on any atom is -0.451 e. The lowest BCUT2D eigenvalue weighted by Gasteiger charge is -2.60. The molecule has 4 saturated carbocycles. The van der Waals surface area contributed by atoms with Gasteiger partial charge in [0.25, 0.3) is 0 Å². The van der Waals surface area contributed by atoms with Gasteiger partial charge in [0.15, 0.2) is 5.76 Å². The van der Waals surface area contributed by atoms with Crippen LogP contribution < -0.4 is 10.9 Å². The predicted octanol–water partition coefficient (Wildman–Crippen LogP) is 4.63. The maximum absolute atomic E-state index is 12.7. The molecule has 4 fully saturated rings.